The summed E-state index contributed by atoms with van der Waals surface area (Å²) in [7, 11) is -2.02. The van der Waals surface area contributed by atoms with E-state index in [1.165, 1.54) is 6.33 Å². The van der Waals surface area contributed by atoms with Crippen LogP contribution in [0, 0.1) is 0 Å². The van der Waals surface area contributed by atoms with E-state index in [1.54, 1.807) is 4.90 Å². The van der Waals surface area contributed by atoms with Gasteiger partial charge in [0.1, 0.15) is 22.2 Å². The number of fused-ring (bicyclic) bond motifs is 1. The van der Waals surface area contributed by atoms with Crippen molar-refractivity contribution in [1.82, 2.24) is 14.5 Å². The summed E-state index contributed by atoms with van der Waals surface area (Å²) < 4.78 is 8.77. The van der Waals surface area contributed by atoms with E-state index in [0.717, 1.165) is 40.8 Å². The van der Waals surface area contributed by atoms with Gasteiger partial charge in [0.25, 0.3) is 5.91 Å². The predicted molar refractivity (Wildman–Crippen MR) is 165 cm³/mol. The van der Waals surface area contributed by atoms with E-state index in [9.17, 15) is 4.79 Å². The molecule has 9 heteroatoms. The SMILES string of the molecule is CCCn1c(-c2ccccc2)cc2cc(N(CCO[Si](C)(C)C(C)(C)C)C(=O)c3c(Cl)ncnc3Cl)ccc21. The van der Waals surface area contributed by atoms with E-state index >= 15 is 0 Å². The Hall–Kier alpha value is -2.71. The van der Waals surface area contributed by atoms with E-state index in [0.29, 0.717) is 13.2 Å². The van der Waals surface area contributed by atoms with Gasteiger partial charge >= 0.3 is 0 Å². The average molecular weight is 584 g/mol. The van der Waals surface area contributed by atoms with Crippen molar-refractivity contribution in [3.63, 3.8) is 0 Å². The van der Waals surface area contributed by atoms with E-state index in [2.05, 4.69) is 79.6 Å². The van der Waals surface area contributed by atoms with Crippen LogP contribution < -0.4 is 4.90 Å². The lowest BCUT2D eigenvalue weighted by atomic mass is 10.1. The number of carbonyl (C=O) groups is 1. The molecule has 2 aromatic carbocycles. The number of halogens is 2. The molecule has 206 valence electrons. The quantitative estimate of drug-likeness (QED) is 0.146. The second-order valence-electron chi connectivity index (χ2n) is 11.2. The Kier molecular flexibility index (Phi) is 8.86. The zero-order chi connectivity index (χ0) is 28.4. The van der Waals surface area contributed by atoms with Crippen LogP contribution in [-0.4, -0.2) is 41.9 Å². The molecular formula is C30H36Cl2N4O2Si. The van der Waals surface area contributed by atoms with Crippen LogP contribution in [0.5, 0.6) is 0 Å². The molecule has 0 bridgehead atoms. The van der Waals surface area contributed by atoms with Crippen LogP contribution >= 0.6 is 23.2 Å². The minimum absolute atomic E-state index is 0.0249. The van der Waals surface area contributed by atoms with Crippen molar-refractivity contribution in [2.75, 3.05) is 18.1 Å². The first-order chi connectivity index (χ1) is 18.4. The first kappa shape index (κ1) is 29.3. The minimum Gasteiger partial charge on any atom is -0.415 e. The molecule has 0 aliphatic rings. The first-order valence-electron chi connectivity index (χ1n) is 13.2. The van der Waals surface area contributed by atoms with Crippen molar-refractivity contribution in [3.05, 3.63) is 76.8 Å². The molecule has 0 radical (unpaired) electrons. The fourth-order valence-corrected chi connectivity index (χ4v) is 5.86. The molecule has 0 spiro atoms. The number of nitrogens with zero attached hydrogens (tertiary/aromatic N) is 4. The van der Waals surface area contributed by atoms with Crippen LogP contribution in [0.2, 0.25) is 28.4 Å². The second kappa shape index (κ2) is 11.8. The zero-order valence-electron chi connectivity index (χ0n) is 23.5. The van der Waals surface area contributed by atoms with Gasteiger partial charge in [0, 0.05) is 35.4 Å². The van der Waals surface area contributed by atoms with Gasteiger partial charge in [0.05, 0.1) is 6.61 Å². The van der Waals surface area contributed by atoms with Crippen LogP contribution in [0.1, 0.15) is 44.5 Å². The van der Waals surface area contributed by atoms with Gasteiger partial charge in [-0.05, 0) is 54.4 Å². The Morgan fingerprint density at radius 3 is 2.31 bits per heavy atom. The van der Waals surface area contributed by atoms with Crippen molar-refractivity contribution < 1.29 is 9.22 Å². The highest BCUT2D eigenvalue weighted by Gasteiger charge is 2.37. The summed E-state index contributed by atoms with van der Waals surface area (Å²) in [5, 5.41) is 1.15. The molecule has 0 atom stereocenters. The fourth-order valence-electron chi connectivity index (χ4n) is 4.35. The maximum Gasteiger partial charge on any atom is 0.264 e. The van der Waals surface area contributed by atoms with Crippen LogP contribution in [-0.2, 0) is 11.0 Å². The van der Waals surface area contributed by atoms with Crippen LogP contribution in [0.4, 0.5) is 5.69 Å². The molecule has 0 saturated carbocycles. The molecule has 4 aromatic rings. The molecule has 2 heterocycles. The van der Waals surface area contributed by atoms with Crippen molar-refractivity contribution in [2.24, 2.45) is 0 Å². The number of anilines is 1. The van der Waals surface area contributed by atoms with E-state index in [-0.39, 0.29) is 26.8 Å². The summed E-state index contributed by atoms with van der Waals surface area (Å²) in [5.74, 6) is -0.361. The van der Waals surface area contributed by atoms with Crippen molar-refractivity contribution in [2.45, 2.75) is 58.8 Å². The number of rotatable bonds is 9. The highest BCUT2D eigenvalue weighted by atomic mass is 35.5. The third kappa shape index (κ3) is 6.22. The normalized spacial score (nSPS) is 12.2. The summed E-state index contributed by atoms with van der Waals surface area (Å²) >= 11 is 12.7. The minimum atomic E-state index is -2.02. The molecule has 0 unspecified atom stereocenters. The summed E-state index contributed by atoms with van der Waals surface area (Å²) in [6.07, 6.45) is 2.26. The van der Waals surface area contributed by atoms with Gasteiger partial charge in [0.2, 0.25) is 0 Å². The topological polar surface area (TPSA) is 60.2 Å². The monoisotopic (exact) mass is 582 g/mol. The Morgan fingerprint density at radius 2 is 1.69 bits per heavy atom. The lowest BCUT2D eigenvalue weighted by Crippen LogP contribution is -2.43. The van der Waals surface area contributed by atoms with Gasteiger partial charge in [-0.15, -0.1) is 0 Å². The number of hydrogen-bond acceptors (Lipinski definition) is 4. The lowest BCUT2D eigenvalue weighted by molar-refractivity contribution is 0.0981. The van der Waals surface area contributed by atoms with Crippen molar-refractivity contribution in [3.8, 4) is 11.3 Å². The summed E-state index contributed by atoms with van der Waals surface area (Å²) in [4.78, 5) is 23.6. The zero-order valence-corrected chi connectivity index (χ0v) is 26.0. The van der Waals surface area contributed by atoms with Gasteiger partial charge in [-0.2, -0.15) is 0 Å². The summed E-state index contributed by atoms with van der Waals surface area (Å²) in [6, 6.07) is 18.6. The number of hydrogen-bond donors (Lipinski definition) is 0. The van der Waals surface area contributed by atoms with Gasteiger partial charge in [0.15, 0.2) is 8.32 Å². The standard InChI is InChI=1S/C30H36Cl2N4O2Si/c1-7-15-36-24-14-13-23(18-22(24)19-25(36)21-11-9-8-10-12-21)35(16-17-38-39(5,6)30(2,3)4)29(37)26-27(31)33-20-34-28(26)32/h8-14,18-20H,7,15-17H2,1-6H3. The van der Waals surface area contributed by atoms with Gasteiger partial charge < -0.3 is 13.9 Å². The Bertz CT molecular complexity index is 1450. The summed E-state index contributed by atoms with van der Waals surface area (Å²) in [5.41, 5.74) is 4.23. The molecule has 0 aliphatic heterocycles. The van der Waals surface area contributed by atoms with Gasteiger partial charge in [-0.25, -0.2) is 9.97 Å². The molecule has 0 saturated heterocycles. The predicted octanol–water partition coefficient (Wildman–Crippen LogP) is 8.48. The van der Waals surface area contributed by atoms with Crippen LogP contribution in [0.3, 0.4) is 0 Å². The molecule has 0 N–H and O–H groups in total. The maximum absolute atomic E-state index is 13.9. The Balaban J connectivity index is 1.77. The van der Waals surface area contributed by atoms with Crippen LogP contribution in [0.15, 0.2) is 60.9 Å². The lowest BCUT2D eigenvalue weighted by Gasteiger charge is -2.37. The van der Waals surface area contributed by atoms with Crippen molar-refractivity contribution in [1.29, 1.82) is 0 Å². The second-order valence-corrected chi connectivity index (χ2v) is 16.7. The molecular weight excluding hydrogens is 547 g/mol. The molecule has 1 amide bonds. The third-order valence-electron chi connectivity index (χ3n) is 7.51. The van der Waals surface area contributed by atoms with E-state index < -0.39 is 8.32 Å². The van der Waals surface area contributed by atoms with Gasteiger partial charge in [-0.1, -0.05) is 81.2 Å². The summed E-state index contributed by atoms with van der Waals surface area (Å²) in [6.45, 7) is 14.8. The highest BCUT2D eigenvalue weighted by molar-refractivity contribution is 6.74. The Labute approximate surface area is 242 Å². The molecule has 39 heavy (non-hydrogen) atoms. The van der Waals surface area contributed by atoms with E-state index in [4.69, 9.17) is 27.6 Å². The number of aromatic nitrogens is 3. The smallest absolute Gasteiger partial charge is 0.264 e. The van der Waals surface area contributed by atoms with Gasteiger partial charge in [-0.3, -0.25) is 4.79 Å². The van der Waals surface area contributed by atoms with E-state index in [1.807, 2.05) is 30.3 Å². The molecule has 0 aliphatic carbocycles. The molecule has 4 rings (SSSR count). The number of aryl methyl sites for hydroxylation is 1. The Morgan fingerprint density at radius 1 is 1.03 bits per heavy atom. The average Bonchev–Trinajstić information content (AvgIpc) is 3.24. The maximum atomic E-state index is 13.9. The number of amides is 1. The first-order valence-corrected chi connectivity index (χ1v) is 16.9. The fraction of sp³-hybridized carbons (Fsp3) is 0.367. The van der Waals surface area contributed by atoms with Crippen LogP contribution in [0.25, 0.3) is 22.2 Å². The molecule has 6 nitrogen and oxygen atoms in total. The molecule has 0 fully saturated rings. The third-order valence-corrected chi connectivity index (χ3v) is 12.6. The largest absolute Gasteiger partial charge is 0.415 e. The molecule has 2 aromatic heterocycles. The number of carbonyl (C=O) groups excluding carboxylic acids is 1. The highest BCUT2D eigenvalue weighted by Crippen LogP contribution is 2.37. The van der Waals surface area contributed by atoms with Crippen molar-refractivity contribution >= 4 is 54.0 Å². The number of benzene rings is 2.